The van der Waals surface area contributed by atoms with Crippen LogP contribution in [0.2, 0.25) is 0 Å². The molecule has 0 aliphatic carbocycles. The van der Waals surface area contributed by atoms with Gasteiger partial charge in [-0.25, -0.2) is 0 Å². The molecule has 2 aromatic rings. The summed E-state index contributed by atoms with van der Waals surface area (Å²) < 4.78 is 5.50. The second-order valence-electron chi connectivity index (χ2n) is 5.58. The molecule has 3 N–H and O–H groups in total. The number of hydrogen-bond acceptors (Lipinski definition) is 5. The fourth-order valence-corrected chi connectivity index (χ4v) is 2.34. The Balaban J connectivity index is 1.85. The summed E-state index contributed by atoms with van der Waals surface area (Å²) in [5, 5.41) is 15.7. The predicted octanol–water partition coefficient (Wildman–Crippen LogP) is 1.01. The van der Waals surface area contributed by atoms with E-state index < -0.39 is 12.2 Å². The molecule has 1 aromatic carbocycles. The maximum Gasteiger partial charge on any atom is 0.251 e. The molecular weight excluding hydrogens is 334 g/mol. The van der Waals surface area contributed by atoms with Crippen molar-refractivity contribution in [3.63, 3.8) is 0 Å². The van der Waals surface area contributed by atoms with Crippen molar-refractivity contribution < 1.29 is 19.4 Å². The van der Waals surface area contributed by atoms with Gasteiger partial charge in [0.05, 0.1) is 6.10 Å². The van der Waals surface area contributed by atoms with Crippen molar-refractivity contribution >= 4 is 11.8 Å². The molecule has 2 amide bonds. The molecular formula is C19H23N3O4. The highest BCUT2D eigenvalue weighted by Crippen LogP contribution is 2.02. The summed E-state index contributed by atoms with van der Waals surface area (Å²) in [5.74, 6) is -0.557. The maximum absolute atomic E-state index is 12.1. The van der Waals surface area contributed by atoms with Crippen molar-refractivity contribution in [2.75, 3.05) is 19.7 Å². The van der Waals surface area contributed by atoms with E-state index in [-0.39, 0.29) is 24.9 Å². The van der Waals surface area contributed by atoms with Crippen LogP contribution in [0.4, 0.5) is 0 Å². The fourth-order valence-electron chi connectivity index (χ4n) is 2.34. The minimum atomic E-state index is -0.958. The number of hydrogen-bond donors (Lipinski definition) is 3. The Morgan fingerprint density at radius 2 is 1.58 bits per heavy atom. The zero-order chi connectivity index (χ0) is 18.8. The lowest BCUT2D eigenvalue weighted by Crippen LogP contribution is -2.46. The number of carbonyl (C=O) groups is 2. The molecule has 7 heteroatoms. The fraction of sp³-hybridized carbons (Fsp3) is 0.316. The Hall–Kier alpha value is -2.77. The lowest BCUT2D eigenvalue weighted by molar-refractivity contribution is -0.0287. The number of benzene rings is 1. The third-order valence-electron chi connectivity index (χ3n) is 3.72. The molecule has 1 heterocycles. The second kappa shape index (κ2) is 10.3. The molecule has 0 fully saturated rings. The van der Waals surface area contributed by atoms with Crippen LogP contribution in [0.1, 0.15) is 27.6 Å². The van der Waals surface area contributed by atoms with Gasteiger partial charge in [-0.3, -0.25) is 14.6 Å². The molecule has 0 spiro atoms. The van der Waals surface area contributed by atoms with Crippen LogP contribution in [0.15, 0.2) is 54.9 Å². The van der Waals surface area contributed by atoms with E-state index in [2.05, 4.69) is 15.6 Å². The summed E-state index contributed by atoms with van der Waals surface area (Å²) in [4.78, 5) is 28.0. The van der Waals surface area contributed by atoms with Gasteiger partial charge in [-0.05, 0) is 31.2 Å². The zero-order valence-electron chi connectivity index (χ0n) is 14.6. The normalized spacial score (nSPS) is 12.8. The van der Waals surface area contributed by atoms with Crippen molar-refractivity contribution in [3.05, 3.63) is 66.0 Å². The number of carbonyl (C=O) groups excluding carboxylic acids is 2. The highest BCUT2D eigenvalue weighted by atomic mass is 16.5. The van der Waals surface area contributed by atoms with Gasteiger partial charge in [-0.2, -0.15) is 0 Å². The number of aliphatic hydroxyl groups excluding tert-OH is 1. The molecule has 0 aliphatic heterocycles. The van der Waals surface area contributed by atoms with E-state index in [9.17, 15) is 14.7 Å². The van der Waals surface area contributed by atoms with Crippen LogP contribution in [-0.2, 0) is 4.74 Å². The van der Waals surface area contributed by atoms with Gasteiger partial charge in [-0.1, -0.05) is 18.2 Å². The number of rotatable bonds is 9. The van der Waals surface area contributed by atoms with Gasteiger partial charge >= 0.3 is 0 Å². The third-order valence-corrected chi connectivity index (χ3v) is 3.72. The highest BCUT2D eigenvalue weighted by molar-refractivity contribution is 5.94. The van der Waals surface area contributed by atoms with Crippen molar-refractivity contribution in [2.24, 2.45) is 0 Å². The number of pyridine rings is 1. The average molecular weight is 357 g/mol. The number of aromatic nitrogens is 1. The number of ether oxygens (including phenoxy) is 1. The van der Waals surface area contributed by atoms with Crippen LogP contribution in [0.5, 0.6) is 0 Å². The van der Waals surface area contributed by atoms with Gasteiger partial charge in [0.25, 0.3) is 11.8 Å². The molecule has 1 aromatic heterocycles. The van der Waals surface area contributed by atoms with Crippen LogP contribution in [0.25, 0.3) is 0 Å². The van der Waals surface area contributed by atoms with Crippen LogP contribution in [-0.4, -0.2) is 53.8 Å². The predicted molar refractivity (Wildman–Crippen MR) is 96.8 cm³/mol. The van der Waals surface area contributed by atoms with Gasteiger partial charge in [0, 0.05) is 43.2 Å². The number of amides is 2. The smallest absolute Gasteiger partial charge is 0.251 e. The number of nitrogens with zero attached hydrogens (tertiary/aromatic N) is 1. The van der Waals surface area contributed by atoms with E-state index in [1.807, 2.05) is 6.07 Å². The molecule has 138 valence electrons. The average Bonchev–Trinajstić information content (AvgIpc) is 2.70. The summed E-state index contributed by atoms with van der Waals surface area (Å²) in [6.45, 7) is 2.31. The van der Waals surface area contributed by atoms with Gasteiger partial charge in [-0.15, -0.1) is 0 Å². The molecule has 0 bridgehead atoms. The maximum atomic E-state index is 12.1. The second-order valence-corrected chi connectivity index (χ2v) is 5.58. The summed E-state index contributed by atoms with van der Waals surface area (Å²) in [5.41, 5.74) is 0.987. The Bertz CT molecular complexity index is 694. The van der Waals surface area contributed by atoms with E-state index in [1.54, 1.807) is 43.3 Å². The first-order valence-corrected chi connectivity index (χ1v) is 8.43. The molecule has 0 radical (unpaired) electrons. The highest BCUT2D eigenvalue weighted by Gasteiger charge is 2.21. The van der Waals surface area contributed by atoms with E-state index in [0.717, 1.165) is 0 Å². The van der Waals surface area contributed by atoms with Gasteiger partial charge in [0.2, 0.25) is 0 Å². The Labute approximate surface area is 152 Å². The van der Waals surface area contributed by atoms with Gasteiger partial charge in [0.15, 0.2) is 0 Å². The number of aliphatic hydroxyl groups is 1. The first-order chi connectivity index (χ1) is 12.6. The van der Waals surface area contributed by atoms with E-state index in [0.29, 0.717) is 17.7 Å². The van der Waals surface area contributed by atoms with Crippen LogP contribution < -0.4 is 10.6 Å². The molecule has 0 saturated heterocycles. The van der Waals surface area contributed by atoms with E-state index in [4.69, 9.17) is 4.74 Å². The zero-order valence-corrected chi connectivity index (χ0v) is 14.6. The van der Waals surface area contributed by atoms with Crippen molar-refractivity contribution in [2.45, 2.75) is 19.1 Å². The van der Waals surface area contributed by atoms with Crippen molar-refractivity contribution in [1.29, 1.82) is 0 Å². The van der Waals surface area contributed by atoms with Crippen LogP contribution in [0, 0.1) is 0 Å². The molecule has 0 unspecified atom stereocenters. The minimum absolute atomic E-state index is 0.0174. The van der Waals surface area contributed by atoms with E-state index in [1.165, 1.54) is 12.4 Å². The first kappa shape index (κ1) is 19.6. The Morgan fingerprint density at radius 3 is 2.19 bits per heavy atom. The SMILES string of the molecule is CCO[C@H](CNC(=O)c1ccncc1)[C@@H](O)CNC(=O)c1ccccc1. The molecule has 0 aliphatic rings. The molecule has 2 atom stereocenters. The first-order valence-electron chi connectivity index (χ1n) is 8.43. The Kier molecular flexibility index (Phi) is 7.73. The van der Waals surface area contributed by atoms with Crippen LogP contribution >= 0.6 is 0 Å². The van der Waals surface area contributed by atoms with Crippen molar-refractivity contribution in [1.82, 2.24) is 15.6 Å². The summed E-state index contributed by atoms with van der Waals surface area (Å²) in [6, 6.07) is 11.9. The molecule has 2 rings (SSSR count). The summed E-state index contributed by atoms with van der Waals surface area (Å²) in [6.07, 6.45) is 1.47. The quantitative estimate of drug-likeness (QED) is 0.622. The molecule has 0 saturated carbocycles. The largest absolute Gasteiger partial charge is 0.388 e. The standard InChI is InChI=1S/C19H23N3O4/c1-2-26-17(13-22-19(25)15-8-10-20-11-9-15)16(23)12-21-18(24)14-6-4-3-5-7-14/h3-11,16-17,23H,2,12-13H2,1H3,(H,21,24)(H,22,25)/t16-,17+/m0/s1. The molecule has 7 nitrogen and oxygen atoms in total. The topological polar surface area (TPSA) is 101 Å². The lowest BCUT2D eigenvalue weighted by Gasteiger charge is -2.23. The van der Waals surface area contributed by atoms with Crippen molar-refractivity contribution in [3.8, 4) is 0 Å². The number of nitrogens with one attached hydrogen (secondary N) is 2. The van der Waals surface area contributed by atoms with E-state index >= 15 is 0 Å². The minimum Gasteiger partial charge on any atom is -0.388 e. The summed E-state index contributed by atoms with van der Waals surface area (Å²) in [7, 11) is 0. The lowest BCUT2D eigenvalue weighted by atomic mass is 10.1. The van der Waals surface area contributed by atoms with Gasteiger partial charge in [0.1, 0.15) is 6.10 Å². The monoisotopic (exact) mass is 357 g/mol. The summed E-state index contributed by atoms with van der Waals surface area (Å²) >= 11 is 0. The van der Waals surface area contributed by atoms with Gasteiger partial charge < -0.3 is 20.5 Å². The molecule has 26 heavy (non-hydrogen) atoms. The van der Waals surface area contributed by atoms with Crippen LogP contribution in [0.3, 0.4) is 0 Å². The third kappa shape index (κ3) is 5.94. The Morgan fingerprint density at radius 1 is 1.00 bits per heavy atom.